The summed E-state index contributed by atoms with van der Waals surface area (Å²) in [6.45, 7) is 12.2. The molecule has 2 unspecified atom stereocenters. The number of para-hydroxylation sites is 3. The summed E-state index contributed by atoms with van der Waals surface area (Å²) in [7, 11) is 0. The van der Waals surface area contributed by atoms with Gasteiger partial charge in [0.15, 0.2) is 0 Å². The highest BCUT2D eigenvalue weighted by Crippen LogP contribution is 2.57. The first-order valence-corrected chi connectivity index (χ1v) is 22.9. The van der Waals surface area contributed by atoms with Gasteiger partial charge in [0.25, 0.3) is 0 Å². The van der Waals surface area contributed by atoms with Crippen LogP contribution in [0.5, 0.6) is 0 Å². The lowest BCUT2D eigenvalue weighted by molar-refractivity contribution is 0.100. The van der Waals surface area contributed by atoms with Gasteiger partial charge in [-0.1, -0.05) is 181 Å². The minimum absolute atomic E-state index is 0.114. The molecule has 1 saturated carbocycles. The van der Waals surface area contributed by atoms with Crippen molar-refractivity contribution in [3.63, 3.8) is 0 Å². The Kier molecular flexibility index (Phi) is 10.4. The second kappa shape index (κ2) is 16.2. The third kappa shape index (κ3) is 7.16. The number of nitrogens with zero attached hydrogens (tertiary/aromatic N) is 2. The van der Waals surface area contributed by atoms with E-state index in [1.807, 2.05) is 0 Å². The van der Waals surface area contributed by atoms with Crippen molar-refractivity contribution in [2.75, 3.05) is 9.80 Å². The van der Waals surface area contributed by atoms with Crippen LogP contribution in [0, 0.1) is 11.3 Å². The molecule has 63 heavy (non-hydrogen) atoms. The van der Waals surface area contributed by atoms with E-state index in [9.17, 15) is 0 Å². The van der Waals surface area contributed by atoms with E-state index in [0.717, 1.165) is 29.2 Å². The van der Waals surface area contributed by atoms with E-state index in [-0.39, 0.29) is 16.2 Å². The number of benzene rings is 8. The molecule has 10 rings (SSSR count). The Morgan fingerprint density at radius 1 is 0.429 bits per heavy atom. The van der Waals surface area contributed by atoms with Crippen LogP contribution in [0.1, 0.15) is 82.6 Å². The number of fused-ring (bicyclic) bond motifs is 3. The number of anilines is 6. The predicted molar refractivity (Wildman–Crippen MR) is 267 cm³/mol. The van der Waals surface area contributed by atoms with Gasteiger partial charge in [0.05, 0.1) is 0 Å². The van der Waals surface area contributed by atoms with Crippen molar-refractivity contribution in [2.45, 2.75) is 71.1 Å². The average Bonchev–Trinajstić information content (AvgIpc) is 3.56. The molecule has 0 amide bonds. The molecule has 2 nitrogen and oxygen atoms in total. The van der Waals surface area contributed by atoms with Crippen molar-refractivity contribution in [2.24, 2.45) is 11.3 Å². The third-order valence-corrected chi connectivity index (χ3v) is 14.3. The molecule has 0 spiro atoms. The molecule has 2 heteroatoms. The van der Waals surface area contributed by atoms with Crippen LogP contribution in [0.15, 0.2) is 206 Å². The summed E-state index contributed by atoms with van der Waals surface area (Å²) < 4.78 is 0. The van der Waals surface area contributed by atoms with Crippen molar-refractivity contribution < 1.29 is 0 Å². The first-order valence-electron chi connectivity index (χ1n) is 22.9. The van der Waals surface area contributed by atoms with Crippen molar-refractivity contribution in [3.8, 4) is 22.3 Å². The molecule has 2 atom stereocenters. The van der Waals surface area contributed by atoms with Crippen molar-refractivity contribution in [3.05, 3.63) is 229 Å². The van der Waals surface area contributed by atoms with E-state index < -0.39 is 0 Å². The monoisotopic (exact) mass is 818 g/mol. The zero-order valence-electron chi connectivity index (χ0n) is 37.4. The minimum Gasteiger partial charge on any atom is -0.311 e. The normalized spacial score (nSPS) is 17.7. The molecule has 0 N–H and O–H groups in total. The summed E-state index contributed by atoms with van der Waals surface area (Å²) >= 11 is 0. The predicted octanol–water partition coefficient (Wildman–Crippen LogP) is 17.1. The summed E-state index contributed by atoms with van der Waals surface area (Å²) in [5.74, 6) is 0.473. The highest BCUT2D eigenvalue weighted by molar-refractivity contribution is 5.94. The SMILES string of the molecule is CC1(C)c2cc(N(c3ccccc3)c3ccc(C4(c5ccc(N(c6ccccc6)c6ccccc6)cc5)CCCCC4C(C)(C)C)cc3)ccc2-c2c(-c3ccccc3)cccc21. The van der Waals surface area contributed by atoms with Gasteiger partial charge < -0.3 is 9.80 Å². The molecule has 0 heterocycles. The lowest BCUT2D eigenvalue weighted by Gasteiger charge is -2.51. The lowest BCUT2D eigenvalue weighted by atomic mass is 9.52. The van der Waals surface area contributed by atoms with Crippen LogP contribution in [0.2, 0.25) is 0 Å². The fourth-order valence-corrected chi connectivity index (χ4v) is 11.4. The minimum atomic E-state index is -0.151. The molecule has 0 saturated heterocycles. The molecule has 0 aromatic heterocycles. The van der Waals surface area contributed by atoms with Crippen LogP contribution in [0.4, 0.5) is 34.1 Å². The Balaban J connectivity index is 1.06. The summed E-state index contributed by atoms with van der Waals surface area (Å²) in [5.41, 5.74) is 17.6. The van der Waals surface area contributed by atoms with Gasteiger partial charge in [-0.3, -0.25) is 0 Å². The van der Waals surface area contributed by atoms with Gasteiger partial charge in [0.2, 0.25) is 0 Å². The van der Waals surface area contributed by atoms with Crippen LogP contribution in [0.25, 0.3) is 22.3 Å². The standard InChI is InChI=1S/C61H58N2/c1-59(2,3)57-31-18-19-42-61(57,45-32-36-50(37-33-45)62(47-23-12-7-13-24-47)48-25-14-8-15-26-48)46-34-38-51(39-35-46)63(49-27-16-9-17-28-49)52-40-41-54-56(43-52)60(4,5)55-30-20-29-53(58(54)55)44-21-10-6-11-22-44/h6-17,20-30,32-41,43,57H,18-19,31,42H2,1-5H3. The fourth-order valence-electron chi connectivity index (χ4n) is 11.4. The molecule has 0 bridgehead atoms. The maximum atomic E-state index is 2.46. The van der Waals surface area contributed by atoms with Gasteiger partial charge in [-0.25, -0.2) is 0 Å². The number of rotatable bonds is 9. The zero-order chi connectivity index (χ0) is 43.2. The van der Waals surface area contributed by atoms with Crippen molar-refractivity contribution in [1.29, 1.82) is 0 Å². The Bertz CT molecular complexity index is 2780. The molecule has 2 aliphatic carbocycles. The highest BCUT2D eigenvalue weighted by Gasteiger charge is 2.48. The van der Waals surface area contributed by atoms with E-state index in [1.165, 1.54) is 75.1 Å². The van der Waals surface area contributed by atoms with Crippen molar-refractivity contribution in [1.82, 2.24) is 0 Å². The topological polar surface area (TPSA) is 6.48 Å². The molecule has 8 aromatic rings. The lowest BCUT2D eigenvalue weighted by Crippen LogP contribution is -2.45. The van der Waals surface area contributed by atoms with E-state index in [0.29, 0.717) is 5.92 Å². The highest BCUT2D eigenvalue weighted by atomic mass is 15.1. The summed E-state index contributed by atoms with van der Waals surface area (Å²) in [6.07, 6.45) is 4.82. The quantitative estimate of drug-likeness (QED) is 0.143. The Morgan fingerprint density at radius 2 is 0.889 bits per heavy atom. The van der Waals surface area contributed by atoms with E-state index in [4.69, 9.17) is 0 Å². The molecular weight excluding hydrogens is 761 g/mol. The maximum absolute atomic E-state index is 2.46. The van der Waals surface area contributed by atoms with Crippen LogP contribution in [-0.4, -0.2) is 0 Å². The summed E-state index contributed by atoms with van der Waals surface area (Å²) in [5, 5.41) is 0. The largest absolute Gasteiger partial charge is 0.311 e. The van der Waals surface area contributed by atoms with Gasteiger partial charge in [-0.15, -0.1) is 0 Å². The molecule has 2 aliphatic rings. The first-order chi connectivity index (χ1) is 30.6. The van der Waals surface area contributed by atoms with Gasteiger partial charge in [-0.2, -0.15) is 0 Å². The zero-order valence-corrected chi connectivity index (χ0v) is 37.4. The van der Waals surface area contributed by atoms with Crippen LogP contribution in [-0.2, 0) is 10.8 Å². The smallest absolute Gasteiger partial charge is 0.0465 e. The molecule has 1 fully saturated rings. The van der Waals surface area contributed by atoms with E-state index >= 15 is 0 Å². The van der Waals surface area contributed by atoms with Crippen molar-refractivity contribution >= 4 is 34.1 Å². The Labute approximate surface area is 375 Å². The molecular formula is C61H58N2. The van der Waals surface area contributed by atoms with Crippen LogP contribution in [0.3, 0.4) is 0 Å². The Morgan fingerprint density at radius 3 is 1.40 bits per heavy atom. The molecule has 8 aromatic carbocycles. The number of hydrogen-bond acceptors (Lipinski definition) is 2. The van der Waals surface area contributed by atoms with Gasteiger partial charge in [0, 0.05) is 45.0 Å². The number of hydrogen-bond donors (Lipinski definition) is 0. The molecule has 312 valence electrons. The van der Waals surface area contributed by atoms with Crippen LogP contribution < -0.4 is 9.80 Å². The van der Waals surface area contributed by atoms with Gasteiger partial charge in [0.1, 0.15) is 0 Å². The van der Waals surface area contributed by atoms with E-state index in [1.54, 1.807) is 0 Å². The maximum Gasteiger partial charge on any atom is 0.0465 e. The van der Waals surface area contributed by atoms with E-state index in [2.05, 4.69) is 251 Å². The first kappa shape index (κ1) is 40.4. The average molecular weight is 819 g/mol. The summed E-state index contributed by atoms with van der Waals surface area (Å²) in [6, 6.07) is 76.5. The van der Waals surface area contributed by atoms with Crippen LogP contribution >= 0.6 is 0 Å². The molecule has 0 radical (unpaired) electrons. The molecule has 0 aliphatic heterocycles. The Hall–Kier alpha value is -6.64. The van der Waals surface area contributed by atoms with Gasteiger partial charge in [-0.05, 0) is 141 Å². The fraction of sp³-hybridized carbons (Fsp3) is 0.213. The van der Waals surface area contributed by atoms with Gasteiger partial charge >= 0.3 is 0 Å². The second-order valence-corrected chi connectivity index (χ2v) is 19.4. The second-order valence-electron chi connectivity index (χ2n) is 19.4. The third-order valence-electron chi connectivity index (χ3n) is 14.3. The summed E-state index contributed by atoms with van der Waals surface area (Å²) in [4.78, 5) is 4.82.